The largest absolute Gasteiger partial charge is 0.467 e. The van der Waals surface area contributed by atoms with Crippen LogP contribution in [0.5, 0.6) is 23.8 Å². The Morgan fingerprint density at radius 1 is 0.478 bits per heavy atom. The van der Waals surface area contributed by atoms with Crippen LogP contribution < -0.4 is 19.2 Å². The van der Waals surface area contributed by atoms with Gasteiger partial charge in [0.05, 0.1) is 7.11 Å². The summed E-state index contributed by atoms with van der Waals surface area (Å²) in [4.78, 5) is 48.4. The maximum atomic E-state index is 5.57. The topological polar surface area (TPSA) is 219 Å². The summed E-state index contributed by atoms with van der Waals surface area (Å²) in [5.74, 6) is 0.476. The lowest BCUT2D eigenvalue weighted by Crippen LogP contribution is -2.12. The molecule has 8 aromatic rings. The molecule has 0 aromatic carbocycles. The Kier molecular flexibility index (Phi) is 8.56. The summed E-state index contributed by atoms with van der Waals surface area (Å²) < 4.78 is 4.90. The van der Waals surface area contributed by atoms with Crippen molar-refractivity contribution in [2.75, 3.05) is 7.11 Å². The normalized spacial score (nSPS) is 10.5. The first-order valence-corrected chi connectivity index (χ1v) is 13.5. The summed E-state index contributed by atoms with van der Waals surface area (Å²) in [5.41, 5.74) is 3.22. The molecule has 20 nitrogen and oxygen atoms in total. The Bertz CT molecular complexity index is 2110. The van der Waals surface area contributed by atoms with Crippen LogP contribution >= 0.6 is 0 Å². The Hall–Kier alpha value is -6.99. The van der Waals surface area contributed by atoms with E-state index in [0.29, 0.717) is 39.4 Å². The van der Waals surface area contributed by atoms with E-state index in [0.717, 1.165) is 9.69 Å². The summed E-state index contributed by atoms with van der Waals surface area (Å²) in [6.07, 6.45) is 7.84. The third kappa shape index (κ3) is 6.34. The molecule has 0 N–H and O–H groups in total. The van der Waals surface area contributed by atoms with Crippen LogP contribution in [0.3, 0.4) is 0 Å². The molecule has 8 rings (SSSR count). The van der Waals surface area contributed by atoms with E-state index in [1.54, 1.807) is 67.1 Å². The molecule has 230 valence electrons. The van der Waals surface area contributed by atoms with Crippen molar-refractivity contribution in [2.24, 2.45) is 0 Å². The predicted octanol–water partition coefficient (Wildman–Crippen LogP) is 1.93. The van der Waals surface area contributed by atoms with Crippen LogP contribution in [0.4, 0.5) is 0 Å². The van der Waals surface area contributed by atoms with Gasteiger partial charge in [-0.15, -0.1) is 15.3 Å². The molecule has 0 aliphatic rings. The van der Waals surface area contributed by atoms with Crippen molar-refractivity contribution < 1.29 is 19.2 Å². The molecule has 0 amide bonds. The van der Waals surface area contributed by atoms with Crippen molar-refractivity contribution in [3.05, 3.63) is 79.5 Å². The summed E-state index contributed by atoms with van der Waals surface area (Å²) in [6.45, 7) is 4.00. The summed E-state index contributed by atoms with van der Waals surface area (Å²) in [5, 5.41) is 23.4. The van der Waals surface area contributed by atoms with Gasteiger partial charge in [0.15, 0.2) is 0 Å². The van der Waals surface area contributed by atoms with Crippen molar-refractivity contribution >= 4 is 33.5 Å². The molecule has 0 saturated carbocycles. The SMILES string of the molecule is CC.COc1nccc(On2nnc3cccnc32)n1.c1cnc2c(c1)nnn2Oc1ccnc(On2nnc3cccnc32)n1. The maximum Gasteiger partial charge on any atom is 0.349 e. The van der Waals surface area contributed by atoms with Gasteiger partial charge in [0.2, 0.25) is 16.9 Å². The zero-order chi connectivity index (χ0) is 31.7. The Morgan fingerprint density at radius 2 is 0.891 bits per heavy atom. The maximum absolute atomic E-state index is 5.57. The molecule has 8 heterocycles. The molecule has 8 aromatic heterocycles. The third-order valence-electron chi connectivity index (χ3n) is 5.47. The first kappa shape index (κ1) is 29.1. The summed E-state index contributed by atoms with van der Waals surface area (Å²) >= 11 is 0. The number of hydrogen-bond acceptors (Lipinski definition) is 17. The van der Waals surface area contributed by atoms with E-state index < -0.39 is 0 Å². The van der Waals surface area contributed by atoms with Gasteiger partial charge in [0.25, 0.3) is 11.8 Å². The highest BCUT2D eigenvalue weighted by Crippen LogP contribution is 2.15. The molecule has 0 aliphatic heterocycles. The standard InChI is InChI=1S/C14H8N10O2.C10H8N6O2.C2H6/c1-3-9-12(15-6-1)23(21-19-9)25-11-5-8-17-14(18-11)26-24-13-10(20-22-24)4-2-7-16-13;1-17-10-12-6-4-8(13-10)18-16-9-7(14-15-16)3-2-5-11-9;1-2/h1-8H;2-6H,1H3;1-2H3. The van der Waals surface area contributed by atoms with Gasteiger partial charge in [-0.2, -0.15) is 9.97 Å². The first-order chi connectivity index (χ1) is 22.7. The van der Waals surface area contributed by atoms with Gasteiger partial charge in [-0.05, 0) is 56.9 Å². The second-order valence-corrected chi connectivity index (χ2v) is 8.26. The molecule has 0 spiro atoms. The van der Waals surface area contributed by atoms with E-state index in [4.69, 9.17) is 19.2 Å². The van der Waals surface area contributed by atoms with Crippen LogP contribution in [0, 0.1) is 0 Å². The van der Waals surface area contributed by atoms with E-state index in [-0.39, 0.29) is 17.9 Å². The zero-order valence-electron chi connectivity index (χ0n) is 24.3. The van der Waals surface area contributed by atoms with Gasteiger partial charge in [-0.1, -0.05) is 23.5 Å². The molecule has 0 bridgehead atoms. The number of nitrogens with zero attached hydrogens (tertiary/aromatic N) is 16. The first-order valence-electron chi connectivity index (χ1n) is 13.5. The lowest BCUT2D eigenvalue weighted by molar-refractivity contribution is 0.148. The fourth-order valence-corrected chi connectivity index (χ4v) is 3.57. The van der Waals surface area contributed by atoms with Gasteiger partial charge in [0, 0.05) is 43.1 Å². The molecular formula is C26H22N16O4. The fraction of sp³-hybridized carbons (Fsp3) is 0.115. The molecule has 46 heavy (non-hydrogen) atoms. The number of ether oxygens (including phenoxy) is 1. The Labute approximate surface area is 257 Å². The van der Waals surface area contributed by atoms with E-state index in [1.807, 2.05) is 13.8 Å². The van der Waals surface area contributed by atoms with Gasteiger partial charge in [-0.25, -0.2) is 24.9 Å². The highest BCUT2D eigenvalue weighted by Gasteiger charge is 2.12. The van der Waals surface area contributed by atoms with Crippen LogP contribution in [0.15, 0.2) is 79.5 Å². The quantitative estimate of drug-likeness (QED) is 0.248. The highest BCUT2D eigenvalue weighted by atomic mass is 16.7. The summed E-state index contributed by atoms with van der Waals surface area (Å²) in [7, 11) is 1.48. The second-order valence-electron chi connectivity index (χ2n) is 8.26. The molecule has 0 radical (unpaired) electrons. The van der Waals surface area contributed by atoms with Crippen LogP contribution in [0.2, 0.25) is 0 Å². The van der Waals surface area contributed by atoms with E-state index in [1.165, 1.54) is 24.3 Å². The minimum atomic E-state index is -0.00247. The van der Waals surface area contributed by atoms with Crippen molar-refractivity contribution in [1.29, 1.82) is 0 Å². The van der Waals surface area contributed by atoms with Crippen molar-refractivity contribution in [3.8, 4) is 23.8 Å². The number of fused-ring (bicyclic) bond motifs is 3. The molecule has 0 saturated heterocycles. The summed E-state index contributed by atoms with van der Waals surface area (Å²) in [6, 6.07) is 13.9. The zero-order valence-corrected chi connectivity index (χ0v) is 24.3. The second kappa shape index (κ2) is 13.5. The Balaban J connectivity index is 0.000000163. The molecule has 0 unspecified atom stereocenters. The molecular weight excluding hydrogens is 600 g/mol. The average molecular weight is 623 g/mol. The van der Waals surface area contributed by atoms with Gasteiger partial charge in [0.1, 0.15) is 16.6 Å². The van der Waals surface area contributed by atoms with Crippen LogP contribution in [-0.4, -0.2) is 87.5 Å². The number of pyridine rings is 3. The average Bonchev–Trinajstić information content (AvgIpc) is 3.84. The fourth-order valence-electron chi connectivity index (χ4n) is 3.57. The van der Waals surface area contributed by atoms with E-state index in [9.17, 15) is 0 Å². The van der Waals surface area contributed by atoms with Gasteiger partial charge in [-0.3, -0.25) is 0 Å². The molecule has 0 aliphatic carbocycles. The molecule has 0 atom stereocenters. The number of rotatable bonds is 7. The van der Waals surface area contributed by atoms with Crippen molar-refractivity contribution in [1.82, 2.24) is 80.4 Å². The lowest BCUT2D eigenvalue weighted by Gasteiger charge is -2.05. The van der Waals surface area contributed by atoms with Crippen LogP contribution in [-0.2, 0) is 0 Å². The minimum absolute atomic E-state index is 0.00247. The van der Waals surface area contributed by atoms with Crippen molar-refractivity contribution in [3.63, 3.8) is 0 Å². The lowest BCUT2D eigenvalue weighted by atomic mass is 10.4. The van der Waals surface area contributed by atoms with E-state index in [2.05, 4.69) is 65.8 Å². The number of aromatic nitrogens is 16. The third-order valence-corrected chi connectivity index (χ3v) is 5.47. The van der Waals surface area contributed by atoms with E-state index >= 15 is 0 Å². The predicted molar refractivity (Wildman–Crippen MR) is 156 cm³/mol. The van der Waals surface area contributed by atoms with Crippen LogP contribution in [0.25, 0.3) is 33.5 Å². The molecule has 20 heteroatoms. The van der Waals surface area contributed by atoms with Gasteiger partial charge < -0.3 is 19.2 Å². The highest BCUT2D eigenvalue weighted by molar-refractivity contribution is 5.69. The van der Waals surface area contributed by atoms with Crippen molar-refractivity contribution in [2.45, 2.75) is 13.8 Å². The minimum Gasteiger partial charge on any atom is -0.467 e. The smallest absolute Gasteiger partial charge is 0.349 e. The Morgan fingerprint density at radius 3 is 1.35 bits per heavy atom. The monoisotopic (exact) mass is 622 g/mol. The molecule has 0 fully saturated rings. The number of methoxy groups -OCH3 is 1. The van der Waals surface area contributed by atoms with Crippen LogP contribution in [0.1, 0.15) is 13.8 Å². The number of hydrogen-bond donors (Lipinski definition) is 0. The van der Waals surface area contributed by atoms with Gasteiger partial charge >= 0.3 is 12.0 Å².